The van der Waals surface area contributed by atoms with Crippen LogP contribution in [0.4, 0.5) is 13.2 Å². The topological polar surface area (TPSA) is 93.7 Å². The van der Waals surface area contributed by atoms with E-state index in [1.54, 1.807) is 30.3 Å². The Balaban J connectivity index is 1.69. The molecule has 5 rings (SSSR count). The summed E-state index contributed by atoms with van der Waals surface area (Å²) in [5.41, 5.74) is -0.885. The molecule has 0 bridgehead atoms. The Morgan fingerprint density at radius 3 is 2.51 bits per heavy atom. The van der Waals surface area contributed by atoms with Gasteiger partial charge in [0.15, 0.2) is 10.5 Å². The minimum atomic E-state index is -5.02. The van der Waals surface area contributed by atoms with Crippen molar-refractivity contribution in [2.45, 2.75) is 25.7 Å². The van der Waals surface area contributed by atoms with Crippen molar-refractivity contribution in [2.24, 2.45) is 4.99 Å². The van der Waals surface area contributed by atoms with E-state index in [0.29, 0.717) is 29.9 Å². The maximum Gasteiger partial charge on any atom is 0.434 e. The number of nitriles is 1. The number of halogens is 6. The van der Waals surface area contributed by atoms with Crippen LogP contribution in [0.15, 0.2) is 86.2 Å². The largest absolute Gasteiger partial charge is 0.487 e. The smallest absolute Gasteiger partial charge is 0.434 e. The van der Waals surface area contributed by atoms with Crippen LogP contribution >= 0.6 is 61.5 Å². The molecule has 0 radical (unpaired) electrons. The highest BCUT2D eigenvalue weighted by atomic mass is 127. The first-order valence-electron chi connectivity index (χ1n) is 13.1. The van der Waals surface area contributed by atoms with Gasteiger partial charge in [0.1, 0.15) is 12.4 Å². The second-order valence-corrected chi connectivity index (χ2v) is 13.0. The van der Waals surface area contributed by atoms with Crippen molar-refractivity contribution in [3.63, 3.8) is 0 Å². The van der Waals surface area contributed by atoms with E-state index in [2.05, 4.69) is 49.6 Å². The van der Waals surface area contributed by atoms with Crippen molar-refractivity contribution in [3.8, 4) is 11.8 Å². The number of thiazole rings is 1. The van der Waals surface area contributed by atoms with E-state index in [1.165, 1.54) is 37.3 Å². The molecule has 0 amide bonds. The molecule has 1 aliphatic heterocycles. The van der Waals surface area contributed by atoms with Gasteiger partial charge in [0.25, 0.3) is 5.56 Å². The van der Waals surface area contributed by atoms with Gasteiger partial charge in [-0.15, -0.1) is 0 Å². The molecule has 1 aromatic heterocycles. The number of carbonyl (C=O) groups is 1. The lowest BCUT2D eigenvalue weighted by molar-refractivity contribution is -0.140. The van der Waals surface area contributed by atoms with Crippen molar-refractivity contribution in [1.29, 1.82) is 5.26 Å². The zero-order valence-corrected chi connectivity index (χ0v) is 28.3. The lowest BCUT2D eigenvalue weighted by atomic mass is 9.95. The number of allylic oxidation sites excluding steroid dienone is 1. The Labute approximate surface area is 285 Å². The number of nitrogens with zero attached hydrogens (tertiary/aromatic N) is 3. The number of aromatic nitrogens is 1. The number of benzene rings is 3. The standard InChI is InChI=1S/C31H19BrClF3IN3O4S/c1-2-43-29(42)24-25(18-7-9-21(33)10-8-18)40-28(41)23(45-30(40)39-27(24)31(34,35)36)12-19-11-20(32)13-22(37)26(19)44-15-17-5-3-16(14-38)4-6-17/h3-13,25H,2,15H2,1H3/b23-12-/t25-/m1/s1. The molecule has 0 saturated carbocycles. The van der Waals surface area contributed by atoms with E-state index >= 15 is 0 Å². The first-order valence-corrected chi connectivity index (χ1v) is 16.1. The summed E-state index contributed by atoms with van der Waals surface area (Å²) < 4.78 is 56.9. The third kappa shape index (κ3) is 7.04. The highest BCUT2D eigenvalue weighted by Gasteiger charge is 2.45. The predicted octanol–water partition coefficient (Wildman–Crippen LogP) is 6.81. The van der Waals surface area contributed by atoms with E-state index in [1.807, 2.05) is 6.07 Å². The number of hydrogen-bond acceptors (Lipinski definition) is 7. The maximum absolute atomic E-state index is 14.4. The minimum absolute atomic E-state index is 0.0662. The Hall–Kier alpha value is -3.45. The maximum atomic E-state index is 14.4. The van der Waals surface area contributed by atoms with Crippen LogP contribution in [0, 0.1) is 14.9 Å². The van der Waals surface area contributed by atoms with Crippen LogP contribution in [0.3, 0.4) is 0 Å². The third-order valence-corrected chi connectivity index (χ3v) is 9.06. The number of fused-ring (bicyclic) bond motifs is 1. The molecule has 230 valence electrons. The number of rotatable bonds is 7. The van der Waals surface area contributed by atoms with E-state index in [0.717, 1.165) is 21.5 Å². The summed E-state index contributed by atoms with van der Waals surface area (Å²) in [6.45, 7) is 1.44. The summed E-state index contributed by atoms with van der Waals surface area (Å²) in [7, 11) is 0. The van der Waals surface area contributed by atoms with Crippen LogP contribution in [0.5, 0.6) is 5.75 Å². The lowest BCUT2D eigenvalue weighted by Gasteiger charge is -2.26. The summed E-state index contributed by atoms with van der Waals surface area (Å²) in [4.78, 5) is 30.6. The molecule has 0 aliphatic carbocycles. The van der Waals surface area contributed by atoms with Crippen LogP contribution in [0.2, 0.25) is 5.02 Å². The van der Waals surface area contributed by atoms with Crippen LogP contribution < -0.4 is 19.6 Å². The Bertz CT molecular complexity index is 2050. The quantitative estimate of drug-likeness (QED) is 0.151. The van der Waals surface area contributed by atoms with Gasteiger partial charge in [0.2, 0.25) is 0 Å². The molecule has 7 nitrogen and oxygen atoms in total. The molecular formula is C31H19BrClF3IN3O4S. The molecule has 0 spiro atoms. The van der Waals surface area contributed by atoms with Gasteiger partial charge in [0, 0.05) is 15.1 Å². The summed E-state index contributed by atoms with van der Waals surface area (Å²) in [6, 6.07) is 16.8. The van der Waals surface area contributed by atoms with Crippen LogP contribution in [0.25, 0.3) is 6.08 Å². The molecule has 0 N–H and O–H groups in total. The fourth-order valence-corrected chi connectivity index (χ4v) is 7.44. The van der Waals surface area contributed by atoms with Crippen molar-refractivity contribution in [1.82, 2.24) is 4.57 Å². The molecule has 2 heterocycles. The molecule has 1 atom stereocenters. The van der Waals surface area contributed by atoms with Crippen LogP contribution in [-0.4, -0.2) is 23.3 Å². The minimum Gasteiger partial charge on any atom is -0.487 e. The first kappa shape index (κ1) is 32.9. The van der Waals surface area contributed by atoms with Gasteiger partial charge in [-0.3, -0.25) is 9.36 Å². The number of hydrogen-bond donors (Lipinski definition) is 0. The van der Waals surface area contributed by atoms with Gasteiger partial charge in [-0.05, 0) is 83.1 Å². The second-order valence-electron chi connectivity index (χ2n) is 9.52. The number of alkyl halides is 3. The van der Waals surface area contributed by atoms with E-state index < -0.39 is 35.0 Å². The lowest BCUT2D eigenvalue weighted by Crippen LogP contribution is -2.41. The summed E-state index contributed by atoms with van der Waals surface area (Å²) in [6.07, 6.45) is -3.50. The van der Waals surface area contributed by atoms with Gasteiger partial charge in [0.05, 0.1) is 38.0 Å². The number of ether oxygens (including phenoxy) is 2. The monoisotopic (exact) mass is 827 g/mol. The molecule has 45 heavy (non-hydrogen) atoms. The van der Waals surface area contributed by atoms with Crippen molar-refractivity contribution in [2.75, 3.05) is 6.61 Å². The molecule has 0 fully saturated rings. The molecule has 3 aromatic carbocycles. The number of esters is 1. The van der Waals surface area contributed by atoms with Gasteiger partial charge in [-0.2, -0.15) is 18.4 Å². The normalized spacial score (nSPS) is 14.9. The highest BCUT2D eigenvalue weighted by molar-refractivity contribution is 14.1. The van der Waals surface area contributed by atoms with E-state index in [9.17, 15) is 22.8 Å². The van der Waals surface area contributed by atoms with Crippen LogP contribution in [-0.2, 0) is 16.1 Å². The molecule has 14 heteroatoms. The van der Waals surface area contributed by atoms with Crippen LogP contribution in [0.1, 0.15) is 35.2 Å². The highest BCUT2D eigenvalue weighted by Crippen LogP contribution is 2.38. The van der Waals surface area contributed by atoms with Crippen molar-refractivity contribution in [3.05, 3.63) is 127 Å². The molecule has 4 aromatic rings. The average molecular weight is 829 g/mol. The van der Waals surface area contributed by atoms with E-state index in [4.69, 9.17) is 26.3 Å². The second kappa shape index (κ2) is 13.5. The summed E-state index contributed by atoms with van der Waals surface area (Å²) in [5.74, 6) is -0.797. The van der Waals surface area contributed by atoms with Crippen molar-refractivity contribution >= 4 is 73.5 Å². The molecule has 0 saturated heterocycles. The Kier molecular flexibility index (Phi) is 9.88. The average Bonchev–Trinajstić information content (AvgIpc) is 3.30. The summed E-state index contributed by atoms with van der Waals surface area (Å²) >= 11 is 12.3. The Morgan fingerprint density at radius 2 is 1.89 bits per heavy atom. The van der Waals surface area contributed by atoms with Crippen molar-refractivity contribution < 1.29 is 27.4 Å². The van der Waals surface area contributed by atoms with Gasteiger partial charge < -0.3 is 9.47 Å². The number of carbonyl (C=O) groups excluding carboxylic acids is 1. The first-order chi connectivity index (χ1) is 21.4. The Morgan fingerprint density at radius 1 is 1.20 bits per heavy atom. The zero-order valence-electron chi connectivity index (χ0n) is 23.0. The zero-order chi connectivity index (χ0) is 32.5. The predicted molar refractivity (Wildman–Crippen MR) is 175 cm³/mol. The molecule has 1 aliphatic rings. The fraction of sp³-hybridized carbons (Fsp3) is 0.161. The van der Waals surface area contributed by atoms with Gasteiger partial charge in [-0.25, -0.2) is 9.79 Å². The SMILES string of the molecule is CCOC(=O)C1=C(C(F)(F)F)N=c2s/c(=C\c3cc(Br)cc(I)c3OCc3ccc(C#N)cc3)c(=O)n2[C@@H]1c1ccc(Cl)cc1. The molecule has 0 unspecified atom stereocenters. The fourth-order valence-electron chi connectivity index (χ4n) is 4.61. The van der Waals surface area contributed by atoms with E-state index in [-0.39, 0.29) is 28.1 Å². The summed E-state index contributed by atoms with van der Waals surface area (Å²) in [5, 5.41) is 9.38. The third-order valence-electron chi connectivity index (χ3n) is 6.57. The molecular weight excluding hydrogens is 810 g/mol. The van der Waals surface area contributed by atoms with Gasteiger partial charge >= 0.3 is 12.1 Å². The van der Waals surface area contributed by atoms with Gasteiger partial charge in [-0.1, -0.05) is 63.1 Å².